The highest BCUT2D eigenvalue weighted by atomic mass is 32.2. The van der Waals surface area contributed by atoms with Crippen LogP contribution in [0.3, 0.4) is 0 Å². The van der Waals surface area contributed by atoms with Gasteiger partial charge in [-0.05, 0) is 45.1 Å². The number of nitrogens with zero attached hydrogens (tertiary/aromatic N) is 2. The first-order valence-corrected chi connectivity index (χ1v) is 10.7. The van der Waals surface area contributed by atoms with Gasteiger partial charge < -0.3 is 19.9 Å². The Morgan fingerprint density at radius 2 is 1.93 bits per heavy atom. The van der Waals surface area contributed by atoms with E-state index in [-0.39, 0.29) is 16.4 Å². The van der Waals surface area contributed by atoms with E-state index in [2.05, 4.69) is 26.9 Å². The molecule has 1 heterocycles. The minimum absolute atomic E-state index is 0.0594. The van der Waals surface area contributed by atoms with E-state index in [9.17, 15) is 13.2 Å². The fourth-order valence-corrected chi connectivity index (χ4v) is 4.05. The third-order valence-corrected chi connectivity index (χ3v) is 6.06. The molecule has 8 nitrogen and oxygen atoms in total. The number of hydrogen-bond donors (Lipinski definition) is 2. The van der Waals surface area contributed by atoms with Crippen LogP contribution in [0.1, 0.15) is 23.7 Å². The second-order valence-electron chi connectivity index (χ2n) is 6.62. The molecule has 0 atom stereocenters. The topological polar surface area (TPSA) is 91.0 Å². The first-order chi connectivity index (χ1) is 12.9. The number of benzene rings is 1. The van der Waals surface area contributed by atoms with Crippen molar-refractivity contribution >= 4 is 15.9 Å². The van der Waals surface area contributed by atoms with Crippen LogP contribution in [0.5, 0.6) is 5.75 Å². The molecule has 1 aliphatic heterocycles. The Kier molecular flexibility index (Phi) is 8.03. The van der Waals surface area contributed by atoms with Crippen molar-refractivity contribution in [2.24, 2.45) is 0 Å². The van der Waals surface area contributed by atoms with Gasteiger partial charge in [-0.1, -0.05) is 0 Å². The van der Waals surface area contributed by atoms with Crippen molar-refractivity contribution in [1.29, 1.82) is 0 Å². The summed E-state index contributed by atoms with van der Waals surface area (Å²) in [5.41, 5.74) is 0.208. The number of sulfonamides is 1. The van der Waals surface area contributed by atoms with E-state index in [4.69, 9.17) is 4.74 Å². The van der Waals surface area contributed by atoms with E-state index in [0.717, 1.165) is 39.1 Å². The second-order valence-corrected chi connectivity index (χ2v) is 8.38. The summed E-state index contributed by atoms with van der Waals surface area (Å²) in [5, 5.41) is 2.66. The summed E-state index contributed by atoms with van der Waals surface area (Å²) in [7, 11) is -0.127. The molecule has 0 unspecified atom stereocenters. The molecule has 0 radical (unpaired) electrons. The van der Waals surface area contributed by atoms with Gasteiger partial charge >= 0.3 is 0 Å². The lowest BCUT2D eigenvalue weighted by Crippen LogP contribution is -2.45. The Labute approximate surface area is 161 Å². The summed E-state index contributed by atoms with van der Waals surface area (Å²) in [6, 6.07) is 4.31. The second kappa shape index (κ2) is 10.0. The fourth-order valence-electron chi connectivity index (χ4n) is 2.95. The molecule has 0 aliphatic carbocycles. The number of carbonyl (C=O) groups excluding carboxylic acids is 1. The molecule has 2 rings (SSSR count). The average molecular weight is 399 g/mol. The Morgan fingerprint density at radius 1 is 1.22 bits per heavy atom. The molecule has 0 spiro atoms. The van der Waals surface area contributed by atoms with Crippen LogP contribution >= 0.6 is 0 Å². The van der Waals surface area contributed by atoms with Crippen molar-refractivity contribution in [2.45, 2.75) is 18.2 Å². The summed E-state index contributed by atoms with van der Waals surface area (Å²) in [6.45, 7) is 7.58. The maximum atomic E-state index is 12.6. The number of hydrogen-bond acceptors (Lipinski definition) is 6. The summed E-state index contributed by atoms with van der Waals surface area (Å²) in [6.07, 6.45) is 0.738. The fraction of sp³-hybridized carbons (Fsp3) is 0.611. The molecule has 1 amide bonds. The van der Waals surface area contributed by atoms with Gasteiger partial charge in [0.2, 0.25) is 10.0 Å². The van der Waals surface area contributed by atoms with Gasteiger partial charge in [-0.2, -0.15) is 0 Å². The van der Waals surface area contributed by atoms with E-state index in [0.29, 0.717) is 18.8 Å². The number of likely N-dealkylation sites (N-methyl/N-ethyl adjacent to an activating group) is 1. The van der Waals surface area contributed by atoms with Crippen LogP contribution in [0.4, 0.5) is 0 Å². The Bertz CT molecular complexity index is 731. The quantitative estimate of drug-likeness (QED) is 0.584. The van der Waals surface area contributed by atoms with E-state index >= 15 is 0 Å². The first kappa shape index (κ1) is 21.6. The third-order valence-electron chi connectivity index (χ3n) is 4.60. The van der Waals surface area contributed by atoms with Gasteiger partial charge in [0.1, 0.15) is 5.75 Å². The van der Waals surface area contributed by atoms with E-state index in [1.54, 1.807) is 6.92 Å². The smallest absolute Gasteiger partial charge is 0.255 e. The predicted octanol–water partition coefficient (Wildman–Crippen LogP) is 0.361. The summed E-state index contributed by atoms with van der Waals surface area (Å²) in [4.78, 5) is 16.8. The summed E-state index contributed by atoms with van der Waals surface area (Å²) in [5.74, 6) is -0.0172. The van der Waals surface area contributed by atoms with Crippen molar-refractivity contribution in [3.8, 4) is 5.75 Å². The van der Waals surface area contributed by atoms with Crippen LogP contribution in [0.2, 0.25) is 0 Å². The highest BCUT2D eigenvalue weighted by Gasteiger charge is 2.20. The van der Waals surface area contributed by atoms with Crippen molar-refractivity contribution in [3.63, 3.8) is 0 Å². The monoisotopic (exact) mass is 398 g/mol. The lowest BCUT2D eigenvalue weighted by Gasteiger charge is -2.32. The number of amides is 1. The molecule has 1 fully saturated rings. The molecule has 0 aromatic heterocycles. The van der Waals surface area contributed by atoms with Crippen molar-refractivity contribution in [1.82, 2.24) is 19.8 Å². The molecule has 0 bridgehead atoms. The molecule has 152 valence electrons. The van der Waals surface area contributed by atoms with Crippen molar-refractivity contribution < 1.29 is 17.9 Å². The SMILES string of the molecule is CCNC(=O)c1cc(S(=O)(=O)NCCCN2CCN(C)CC2)ccc1OC. The highest BCUT2D eigenvalue weighted by Crippen LogP contribution is 2.22. The normalized spacial score (nSPS) is 16.3. The van der Waals surface area contributed by atoms with Crippen LogP contribution < -0.4 is 14.8 Å². The average Bonchev–Trinajstić information content (AvgIpc) is 2.66. The molecule has 1 saturated heterocycles. The van der Waals surface area contributed by atoms with Gasteiger partial charge in [-0.3, -0.25) is 4.79 Å². The molecule has 1 aromatic rings. The largest absolute Gasteiger partial charge is 0.496 e. The Hall–Kier alpha value is -1.68. The molecular formula is C18H30N4O4S. The van der Waals surface area contributed by atoms with Crippen molar-refractivity contribution in [2.75, 3.05) is 60.0 Å². The minimum atomic E-state index is -3.68. The molecule has 9 heteroatoms. The van der Waals surface area contributed by atoms with Gasteiger partial charge in [-0.15, -0.1) is 0 Å². The number of carbonyl (C=O) groups is 1. The standard InChI is InChI=1S/C18H30N4O4S/c1-4-19-18(23)16-14-15(6-7-17(16)26-3)27(24,25)20-8-5-9-22-12-10-21(2)11-13-22/h6-7,14,20H,4-5,8-13H2,1-3H3,(H,19,23). The van der Waals surface area contributed by atoms with E-state index < -0.39 is 10.0 Å². The maximum absolute atomic E-state index is 12.6. The number of nitrogens with one attached hydrogen (secondary N) is 2. The number of rotatable bonds is 9. The molecular weight excluding hydrogens is 368 g/mol. The molecule has 27 heavy (non-hydrogen) atoms. The van der Waals surface area contributed by atoms with Gasteiger partial charge in [-0.25, -0.2) is 13.1 Å². The van der Waals surface area contributed by atoms with E-state index in [1.807, 2.05) is 0 Å². The van der Waals surface area contributed by atoms with Crippen LogP contribution in [0.15, 0.2) is 23.1 Å². The number of methoxy groups -OCH3 is 1. The number of ether oxygens (including phenoxy) is 1. The Balaban J connectivity index is 1.95. The molecule has 2 N–H and O–H groups in total. The number of piperazine rings is 1. The highest BCUT2D eigenvalue weighted by molar-refractivity contribution is 7.89. The molecule has 1 aliphatic rings. The van der Waals surface area contributed by atoms with E-state index in [1.165, 1.54) is 25.3 Å². The lowest BCUT2D eigenvalue weighted by atomic mass is 10.2. The first-order valence-electron chi connectivity index (χ1n) is 9.24. The molecule has 0 saturated carbocycles. The van der Waals surface area contributed by atoms with Gasteiger partial charge in [0.05, 0.1) is 17.6 Å². The lowest BCUT2D eigenvalue weighted by molar-refractivity contribution is 0.0952. The van der Waals surface area contributed by atoms with Gasteiger partial charge in [0.15, 0.2) is 0 Å². The zero-order chi connectivity index (χ0) is 19.9. The van der Waals surface area contributed by atoms with Crippen molar-refractivity contribution in [3.05, 3.63) is 23.8 Å². The van der Waals surface area contributed by atoms with Crippen LogP contribution in [-0.2, 0) is 10.0 Å². The summed E-state index contributed by atoms with van der Waals surface area (Å²) >= 11 is 0. The van der Waals surface area contributed by atoms with Gasteiger partial charge in [0, 0.05) is 39.3 Å². The maximum Gasteiger partial charge on any atom is 0.255 e. The Morgan fingerprint density at radius 3 is 2.56 bits per heavy atom. The third kappa shape index (κ3) is 6.17. The summed E-state index contributed by atoms with van der Waals surface area (Å²) < 4.78 is 32.9. The van der Waals surface area contributed by atoms with Gasteiger partial charge in [0.25, 0.3) is 5.91 Å². The zero-order valence-electron chi connectivity index (χ0n) is 16.3. The van der Waals surface area contributed by atoms with Crippen LogP contribution in [0, 0.1) is 0 Å². The molecule has 1 aromatic carbocycles. The van der Waals surface area contributed by atoms with Crippen LogP contribution in [-0.4, -0.2) is 84.1 Å². The predicted molar refractivity (Wildman–Crippen MR) is 105 cm³/mol. The van der Waals surface area contributed by atoms with Crippen LogP contribution in [0.25, 0.3) is 0 Å². The minimum Gasteiger partial charge on any atom is -0.496 e. The zero-order valence-corrected chi connectivity index (χ0v) is 17.1.